The van der Waals surface area contributed by atoms with Crippen molar-refractivity contribution < 1.29 is 0 Å². The number of benzene rings is 4. The lowest BCUT2D eigenvalue weighted by Crippen LogP contribution is -2.27. The predicted octanol–water partition coefficient (Wildman–Crippen LogP) is 10.9. The highest BCUT2D eigenvalue weighted by molar-refractivity contribution is 5.86. The molecule has 2 aliphatic carbocycles. The molecular weight excluding hydrogens is 470 g/mol. The molecule has 0 bridgehead atoms. The topological polar surface area (TPSA) is 12.0 Å². The summed E-state index contributed by atoms with van der Waals surface area (Å²) in [6, 6.07) is 33.9. The molecule has 0 spiro atoms. The van der Waals surface area contributed by atoms with Gasteiger partial charge in [-0.2, -0.15) is 0 Å². The molecule has 2 unspecified atom stereocenters. The van der Waals surface area contributed by atoms with Crippen LogP contribution in [0.15, 0.2) is 91.0 Å². The summed E-state index contributed by atoms with van der Waals surface area (Å²) in [4.78, 5) is 0. The second-order valence-corrected chi connectivity index (χ2v) is 12.1. The highest BCUT2D eigenvalue weighted by atomic mass is 14.9. The van der Waals surface area contributed by atoms with E-state index in [1.807, 2.05) is 0 Å². The van der Waals surface area contributed by atoms with E-state index in [4.69, 9.17) is 0 Å². The molecule has 4 aromatic carbocycles. The van der Waals surface area contributed by atoms with Gasteiger partial charge in [-0.05, 0) is 102 Å². The predicted molar refractivity (Wildman–Crippen MR) is 168 cm³/mol. The van der Waals surface area contributed by atoms with E-state index in [-0.39, 0.29) is 5.41 Å². The highest BCUT2D eigenvalue weighted by Crippen LogP contribution is 2.47. The Morgan fingerprint density at radius 2 is 1.33 bits per heavy atom. The molecule has 1 heteroatoms. The van der Waals surface area contributed by atoms with Gasteiger partial charge in [0.15, 0.2) is 0 Å². The fourth-order valence-corrected chi connectivity index (χ4v) is 7.62. The van der Waals surface area contributed by atoms with Crippen molar-refractivity contribution in [2.75, 3.05) is 5.32 Å². The maximum absolute atomic E-state index is 3.98. The van der Waals surface area contributed by atoms with Crippen molar-refractivity contribution in [3.8, 4) is 22.3 Å². The van der Waals surface area contributed by atoms with E-state index in [2.05, 4.69) is 110 Å². The Kier molecular flexibility index (Phi) is 7.60. The first kappa shape index (κ1) is 25.9. The van der Waals surface area contributed by atoms with Crippen LogP contribution in [0.1, 0.15) is 81.9 Å². The van der Waals surface area contributed by atoms with E-state index in [0.717, 1.165) is 12.3 Å². The van der Waals surface area contributed by atoms with Gasteiger partial charge in [-0.15, -0.1) is 0 Å². The summed E-state index contributed by atoms with van der Waals surface area (Å²) in [7, 11) is 0. The van der Waals surface area contributed by atoms with Crippen molar-refractivity contribution in [3.63, 3.8) is 0 Å². The molecule has 0 heterocycles. The molecule has 200 valence electrons. The minimum absolute atomic E-state index is 0.255. The molecule has 4 aromatic rings. The van der Waals surface area contributed by atoms with Gasteiger partial charge >= 0.3 is 0 Å². The summed E-state index contributed by atoms with van der Waals surface area (Å²) >= 11 is 0. The van der Waals surface area contributed by atoms with Gasteiger partial charge < -0.3 is 5.32 Å². The third kappa shape index (κ3) is 5.17. The Hall–Kier alpha value is -3.32. The minimum Gasteiger partial charge on any atom is -0.355 e. The number of para-hydroxylation sites is 2. The lowest BCUT2D eigenvalue weighted by molar-refractivity contribution is 0.317. The van der Waals surface area contributed by atoms with Crippen molar-refractivity contribution in [2.45, 2.75) is 83.5 Å². The second-order valence-electron chi connectivity index (χ2n) is 12.1. The summed E-state index contributed by atoms with van der Waals surface area (Å²) in [6.07, 6.45) is 12.7. The molecule has 1 saturated carbocycles. The first-order valence-corrected chi connectivity index (χ1v) is 15.3. The van der Waals surface area contributed by atoms with Crippen LogP contribution in [-0.4, -0.2) is 0 Å². The maximum atomic E-state index is 3.98. The molecular formula is C38H43N. The molecule has 0 aliphatic heterocycles. The monoisotopic (exact) mass is 513 g/mol. The van der Waals surface area contributed by atoms with Crippen LogP contribution in [-0.2, 0) is 18.3 Å². The quantitative estimate of drug-likeness (QED) is 0.253. The summed E-state index contributed by atoms with van der Waals surface area (Å²) < 4.78 is 0. The Morgan fingerprint density at radius 3 is 2.13 bits per heavy atom. The molecule has 0 amide bonds. The van der Waals surface area contributed by atoms with Gasteiger partial charge in [0, 0.05) is 16.9 Å². The average molecular weight is 514 g/mol. The van der Waals surface area contributed by atoms with E-state index in [0.29, 0.717) is 0 Å². The van der Waals surface area contributed by atoms with Crippen molar-refractivity contribution in [3.05, 3.63) is 108 Å². The summed E-state index contributed by atoms with van der Waals surface area (Å²) in [5.74, 6) is 0.780. The van der Waals surface area contributed by atoms with Crippen molar-refractivity contribution in [1.82, 2.24) is 0 Å². The number of hydrogen-bond donors (Lipinski definition) is 1. The highest BCUT2D eigenvalue weighted by Gasteiger charge is 2.35. The number of rotatable bonds is 6. The fraction of sp³-hybridized carbons (Fsp3) is 0.368. The molecule has 2 aliphatic rings. The zero-order valence-electron chi connectivity index (χ0n) is 23.8. The standard InChI is InChI=1S/C38H43N/c1-3-38(26-14-13-15-28(2)27-38)35-21-10-12-23-37(35)39-36-22-11-9-20-34(36)33-25-24-30(29-16-5-4-6-17-29)31-18-7-8-19-32(31)33/h4-6,9-12,16-17,20-25,28,39H,3,7-8,13-15,18-19,26-27H2,1-2H3. The average Bonchev–Trinajstić information content (AvgIpc) is 3.19. The largest absolute Gasteiger partial charge is 0.355 e. The van der Waals surface area contributed by atoms with Gasteiger partial charge in [0.05, 0.1) is 0 Å². The van der Waals surface area contributed by atoms with E-state index >= 15 is 0 Å². The number of anilines is 2. The number of fused-ring (bicyclic) bond motifs is 1. The van der Waals surface area contributed by atoms with Crippen molar-refractivity contribution >= 4 is 11.4 Å². The van der Waals surface area contributed by atoms with E-state index in [1.165, 1.54) is 97.0 Å². The van der Waals surface area contributed by atoms with Crippen LogP contribution in [0, 0.1) is 5.92 Å². The van der Waals surface area contributed by atoms with Gasteiger partial charge in [-0.25, -0.2) is 0 Å². The van der Waals surface area contributed by atoms with Crippen molar-refractivity contribution in [1.29, 1.82) is 0 Å². The molecule has 39 heavy (non-hydrogen) atoms. The van der Waals surface area contributed by atoms with Crippen LogP contribution in [0.3, 0.4) is 0 Å². The van der Waals surface area contributed by atoms with Crippen LogP contribution in [0.2, 0.25) is 0 Å². The van der Waals surface area contributed by atoms with Crippen LogP contribution < -0.4 is 5.32 Å². The zero-order valence-corrected chi connectivity index (χ0v) is 23.8. The molecule has 0 aromatic heterocycles. The zero-order chi connectivity index (χ0) is 26.7. The van der Waals surface area contributed by atoms with Crippen LogP contribution in [0.5, 0.6) is 0 Å². The molecule has 0 saturated heterocycles. The summed E-state index contributed by atoms with van der Waals surface area (Å²) in [5, 5.41) is 3.98. The second kappa shape index (κ2) is 11.4. The Morgan fingerprint density at radius 1 is 0.667 bits per heavy atom. The smallest absolute Gasteiger partial charge is 0.0464 e. The van der Waals surface area contributed by atoms with Crippen LogP contribution >= 0.6 is 0 Å². The van der Waals surface area contributed by atoms with Crippen molar-refractivity contribution in [2.24, 2.45) is 5.92 Å². The molecule has 1 fully saturated rings. The lowest BCUT2D eigenvalue weighted by Gasteiger charge is -2.36. The number of nitrogens with one attached hydrogen (secondary N) is 1. The lowest BCUT2D eigenvalue weighted by atomic mass is 9.70. The normalized spacial score (nSPS) is 21.1. The van der Waals surface area contributed by atoms with E-state index in [9.17, 15) is 0 Å². The van der Waals surface area contributed by atoms with E-state index < -0.39 is 0 Å². The van der Waals surface area contributed by atoms with Gasteiger partial charge in [-0.1, -0.05) is 112 Å². The molecule has 6 rings (SSSR count). The minimum atomic E-state index is 0.255. The van der Waals surface area contributed by atoms with Gasteiger partial charge in [0.25, 0.3) is 0 Å². The maximum Gasteiger partial charge on any atom is 0.0464 e. The van der Waals surface area contributed by atoms with Crippen LogP contribution in [0.25, 0.3) is 22.3 Å². The van der Waals surface area contributed by atoms with Gasteiger partial charge in [-0.3, -0.25) is 0 Å². The summed E-state index contributed by atoms with van der Waals surface area (Å²) in [6.45, 7) is 4.87. The Labute approximate surface area is 235 Å². The third-order valence-electron chi connectivity index (χ3n) is 9.62. The first-order chi connectivity index (χ1) is 19.2. The Bertz CT molecular complexity index is 1420. The van der Waals surface area contributed by atoms with Gasteiger partial charge in [0.2, 0.25) is 0 Å². The molecule has 2 atom stereocenters. The number of hydrogen-bond acceptors (Lipinski definition) is 1. The fourth-order valence-electron chi connectivity index (χ4n) is 7.62. The molecule has 1 nitrogen and oxygen atoms in total. The van der Waals surface area contributed by atoms with Gasteiger partial charge in [0.1, 0.15) is 0 Å². The summed E-state index contributed by atoms with van der Waals surface area (Å²) in [5.41, 5.74) is 12.9. The SMILES string of the molecule is CCC1(c2ccccc2Nc2ccccc2-c2ccc(-c3ccccc3)c3c2CCCC3)CCCCC(C)C1. The molecule has 0 radical (unpaired) electrons. The third-order valence-corrected chi connectivity index (χ3v) is 9.62. The Balaban J connectivity index is 1.42. The first-order valence-electron chi connectivity index (χ1n) is 15.3. The molecule has 1 N–H and O–H groups in total. The van der Waals surface area contributed by atoms with Crippen LogP contribution in [0.4, 0.5) is 11.4 Å². The van der Waals surface area contributed by atoms with E-state index in [1.54, 1.807) is 11.1 Å².